The molecule has 1 saturated carbocycles. The van der Waals surface area contributed by atoms with Gasteiger partial charge in [0.25, 0.3) is 0 Å². The molecule has 10 atom stereocenters. The third-order valence-corrected chi connectivity index (χ3v) is 21.4. The van der Waals surface area contributed by atoms with Crippen LogP contribution in [-0.2, 0) is 84.7 Å². The highest BCUT2D eigenvalue weighted by Crippen LogP contribution is 2.50. The normalized spacial score (nSPS) is 25.4. The number of thioether (sulfide) groups is 2. The molecule has 11 rings (SSSR count). The van der Waals surface area contributed by atoms with Crippen molar-refractivity contribution in [1.29, 1.82) is 0 Å². The second kappa shape index (κ2) is 26.7. The molecule has 3 fully saturated rings. The molecule has 466 valence electrons. The SMILES string of the molecule is CCC(CSC1CCC1SCC(CC(=O)CCOCCC(C)=O)C(=O)NCC(=O)O[C@]1(CC)C(=O)OCC2C(=O)N3Cc4cc5ccccc5nc4C3=CC21)C(=O)NCC(=O)O[C@]1(CC)C(=O)OCC2C(=O)N3Cc4cc5ccccc5nc4C3=CC21.[2H]C. The Labute approximate surface area is 519 Å². The van der Waals surface area contributed by atoms with Gasteiger partial charge in [-0.1, -0.05) is 64.6 Å². The van der Waals surface area contributed by atoms with Crippen molar-refractivity contribution in [2.45, 2.75) is 121 Å². The number of aromatic nitrogens is 2. The molecule has 23 heteroatoms. The molecule has 7 aliphatic rings. The monoisotopic (exact) mass is 1240 g/mol. The van der Waals surface area contributed by atoms with Gasteiger partial charge in [0, 0.05) is 82.3 Å². The first kappa shape index (κ1) is 62.1. The minimum atomic E-state index is -1.89. The second-order valence-corrected chi connectivity index (χ2v) is 25.9. The summed E-state index contributed by atoms with van der Waals surface area (Å²) in [5, 5.41) is 7.37. The first-order chi connectivity index (χ1) is 42.9. The molecule has 2 saturated heterocycles. The van der Waals surface area contributed by atoms with E-state index >= 15 is 0 Å². The van der Waals surface area contributed by atoms with E-state index in [4.69, 9.17) is 35.0 Å². The Hall–Kier alpha value is -7.50. The van der Waals surface area contributed by atoms with E-state index in [1.54, 1.807) is 41.5 Å². The highest BCUT2D eigenvalue weighted by Gasteiger charge is 2.61. The molecular formula is C65H74N6O15S2. The van der Waals surface area contributed by atoms with E-state index in [2.05, 4.69) is 10.6 Å². The van der Waals surface area contributed by atoms with Gasteiger partial charge in [-0.25, -0.2) is 19.6 Å². The summed E-state index contributed by atoms with van der Waals surface area (Å²) in [6.45, 7) is 5.95. The summed E-state index contributed by atoms with van der Waals surface area (Å²) in [6, 6.07) is 19.3. The van der Waals surface area contributed by atoms with Crippen molar-refractivity contribution in [3.8, 4) is 0 Å². The number of hydrogen-bond donors (Lipinski definition) is 2. The number of carbonyl (C=O) groups excluding carboxylic acids is 10. The van der Waals surface area contributed by atoms with E-state index in [9.17, 15) is 47.9 Å². The lowest BCUT2D eigenvalue weighted by Crippen LogP contribution is -2.61. The second-order valence-electron chi connectivity index (χ2n) is 23.3. The van der Waals surface area contributed by atoms with Crippen LogP contribution in [0, 0.1) is 35.5 Å². The van der Waals surface area contributed by atoms with Crippen molar-refractivity contribution < 1.29 is 73.0 Å². The number of para-hydroxylation sites is 2. The molecule has 2 aromatic heterocycles. The number of fused-ring (bicyclic) bond motifs is 10. The Bertz CT molecular complexity index is 3560. The molecule has 2 N–H and O–H groups in total. The van der Waals surface area contributed by atoms with Crippen LogP contribution in [-0.4, -0.2) is 152 Å². The smallest absolute Gasteiger partial charge is 0.351 e. The summed E-state index contributed by atoms with van der Waals surface area (Å²) in [6.07, 6.45) is 5.72. The fraction of sp³-hybridized carbons (Fsp3) is 0.508. The van der Waals surface area contributed by atoms with Crippen LogP contribution in [0.1, 0.15) is 110 Å². The van der Waals surface area contributed by atoms with Gasteiger partial charge in [-0.2, -0.15) is 23.5 Å². The van der Waals surface area contributed by atoms with Crippen LogP contribution < -0.4 is 10.6 Å². The minimum absolute atomic E-state index is 0.00352. The van der Waals surface area contributed by atoms with Crippen molar-refractivity contribution in [2.75, 3.05) is 51.0 Å². The Morgan fingerprint density at radius 2 is 1.14 bits per heavy atom. The van der Waals surface area contributed by atoms with E-state index in [-0.39, 0.29) is 111 Å². The maximum atomic E-state index is 14.2. The predicted octanol–water partition coefficient (Wildman–Crippen LogP) is 6.69. The van der Waals surface area contributed by atoms with Crippen LogP contribution >= 0.6 is 23.5 Å². The van der Waals surface area contributed by atoms with Gasteiger partial charge < -0.3 is 44.1 Å². The molecule has 4 amide bonds. The summed E-state index contributed by atoms with van der Waals surface area (Å²) < 4.78 is 34.5. The number of ketones is 2. The fourth-order valence-corrected chi connectivity index (χ4v) is 16.3. The van der Waals surface area contributed by atoms with Gasteiger partial charge in [0.1, 0.15) is 37.9 Å². The topological polar surface area (TPSA) is 273 Å². The minimum Gasteiger partial charge on any atom is -0.462 e. The van der Waals surface area contributed by atoms with Crippen LogP contribution in [0.4, 0.5) is 0 Å². The number of pyridine rings is 2. The van der Waals surface area contributed by atoms with Gasteiger partial charge >= 0.3 is 23.9 Å². The molecule has 8 unspecified atom stereocenters. The molecule has 88 heavy (non-hydrogen) atoms. The fourth-order valence-electron chi connectivity index (χ4n) is 12.9. The summed E-state index contributed by atoms with van der Waals surface area (Å²) in [5.74, 6) is -9.28. The highest BCUT2D eigenvalue weighted by atomic mass is 32.2. The summed E-state index contributed by atoms with van der Waals surface area (Å²) in [5.41, 5.74) is 1.81. The Kier molecular flexibility index (Phi) is 18.8. The Morgan fingerprint density at radius 1 is 0.682 bits per heavy atom. The van der Waals surface area contributed by atoms with Gasteiger partial charge in [-0.05, 0) is 75.4 Å². The molecule has 2 aromatic carbocycles. The number of nitrogens with one attached hydrogen (secondary N) is 2. The third-order valence-electron chi connectivity index (χ3n) is 18.1. The molecule has 4 aromatic rings. The number of esters is 4. The van der Waals surface area contributed by atoms with Crippen molar-refractivity contribution in [3.05, 3.63) is 95.3 Å². The molecule has 0 radical (unpaired) electrons. The van der Waals surface area contributed by atoms with E-state index in [1.165, 1.54) is 26.1 Å². The standard InChI is InChI=1S/C64H70N6O15S2.CH4/c1-5-36(57(75)65-27-53(73)84-63(6-2)45-25-49-55-39(22-37-12-8-10-14-47(37)67-55)29-69(49)59(77)43(45)31-82-61(63)79)33-86-51-16-17-52(51)87-34-41(24-42(72)19-21-81-20-18-35(4)71)58(76)66-28-54(74)85-64(7-3)46-26-50-56-40(23-38-13-9-11-15-48(38)68-56)30-70(50)60(78)44(46)32-83-62(64)80;/h8-15,22-23,25-26,36,41,43-46,51-52H,5-7,16-21,24,27-34H2,1-4H3,(H,65,75)(H,66,76);1H4/t36?,41?,43?,44?,45?,46?,51?,52?,63-,64-;/m0./s1/i;1D. The van der Waals surface area contributed by atoms with Crippen LogP contribution in [0.15, 0.2) is 72.8 Å². The van der Waals surface area contributed by atoms with Gasteiger partial charge in [-0.15, -0.1) is 0 Å². The maximum absolute atomic E-state index is 14.2. The first-order valence-corrected chi connectivity index (χ1v) is 32.1. The number of rotatable bonds is 25. The van der Waals surface area contributed by atoms with Gasteiger partial charge in [0.15, 0.2) is 0 Å². The zero-order valence-corrected chi connectivity index (χ0v) is 51.6. The molecule has 0 bridgehead atoms. The van der Waals surface area contributed by atoms with Gasteiger partial charge in [-0.3, -0.25) is 38.4 Å². The number of benzene rings is 2. The average Bonchev–Trinajstić information content (AvgIpc) is 1.70. The Morgan fingerprint density at radius 3 is 1.59 bits per heavy atom. The lowest BCUT2D eigenvalue weighted by atomic mass is 9.72. The van der Waals surface area contributed by atoms with Crippen LogP contribution in [0.25, 0.3) is 33.2 Å². The molecule has 21 nitrogen and oxygen atoms in total. The number of ether oxygens (including phenoxy) is 5. The Balaban J connectivity index is 0.00000432. The number of carbonyl (C=O) groups is 10. The van der Waals surface area contributed by atoms with Crippen LogP contribution in [0.2, 0.25) is 0 Å². The first-order valence-electron chi connectivity index (χ1n) is 31.0. The van der Waals surface area contributed by atoms with Crippen molar-refractivity contribution in [2.24, 2.45) is 35.5 Å². The number of amides is 4. The molecular weight excluding hydrogens is 1170 g/mol. The predicted molar refractivity (Wildman–Crippen MR) is 327 cm³/mol. The molecule has 8 heterocycles. The largest absolute Gasteiger partial charge is 0.462 e. The van der Waals surface area contributed by atoms with Crippen LogP contribution in [0.3, 0.4) is 0 Å². The summed E-state index contributed by atoms with van der Waals surface area (Å²) >= 11 is 3.12. The molecule has 1 aliphatic carbocycles. The van der Waals surface area contributed by atoms with Gasteiger partial charge in [0.05, 0.1) is 77.9 Å². The quantitative estimate of drug-likeness (QED) is 0.0397. The zero-order valence-electron chi connectivity index (χ0n) is 51.0. The van der Waals surface area contributed by atoms with E-state index in [0.717, 1.165) is 45.8 Å². The highest BCUT2D eigenvalue weighted by molar-refractivity contribution is 8.04. The maximum Gasteiger partial charge on any atom is 0.351 e. The number of nitrogens with zero attached hydrogens (tertiary/aromatic N) is 4. The van der Waals surface area contributed by atoms with E-state index < -0.39 is 89.6 Å². The number of hydrogen-bond acceptors (Lipinski definition) is 19. The number of cyclic esters (lactones) is 2. The van der Waals surface area contributed by atoms with Gasteiger partial charge in [0.2, 0.25) is 34.8 Å². The van der Waals surface area contributed by atoms with Crippen molar-refractivity contribution in [3.63, 3.8) is 0 Å². The molecule has 6 aliphatic heterocycles. The zero-order chi connectivity index (χ0) is 63.3. The average molecular weight is 1240 g/mol. The number of Topliss-reactive ketones (excluding diaryl/α,β-unsaturated/α-hetero) is 2. The third kappa shape index (κ3) is 12.3. The van der Waals surface area contributed by atoms with E-state index in [1.807, 2.05) is 73.7 Å². The van der Waals surface area contributed by atoms with Crippen molar-refractivity contribution >= 4 is 116 Å². The molecule has 0 spiro atoms. The summed E-state index contributed by atoms with van der Waals surface area (Å²) in [7, 11) is 1.25. The van der Waals surface area contributed by atoms with E-state index in [0.29, 0.717) is 41.5 Å². The lowest BCUT2D eigenvalue weighted by molar-refractivity contribution is -0.204. The van der Waals surface area contributed by atoms with Crippen molar-refractivity contribution in [1.82, 2.24) is 30.4 Å². The lowest BCUT2D eigenvalue weighted by Gasteiger charge is -2.46. The van der Waals surface area contributed by atoms with Crippen LogP contribution in [0.5, 0.6) is 0 Å². The summed E-state index contributed by atoms with van der Waals surface area (Å²) in [4.78, 5) is 149.